The standard InChI is InChI=1S/C3H6O3.Na.H2O/c1-6-2-3(4)5;;/h2H2,1H3,(H,4,5);;1H2/q;+1;/p-1. The Balaban J connectivity index is -0.000000125. The van der Waals surface area contributed by atoms with E-state index in [-0.39, 0.29) is 41.6 Å². The Hall–Kier alpha value is 0.390. The summed E-state index contributed by atoms with van der Waals surface area (Å²) >= 11 is 0. The van der Waals surface area contributed by atoms with E-state index in [1.54, 1.807) is 0 Å². The van der Waals surface area contributed by atoms with Crippen LogP contribution in [0.4, 0.5) is 0 Å². The van der Waals surface area contributed by atoms with Crippen LogP contribution >= 0.6 is 0 Å². The van der Waals surface area contributed by atoms with Crippen LogP contribution in [0, 0.1) is 0 Å². The van der Waals surface area contributed by atoms with E-state index in [9.17, 15) is 9.90 Å². The Morgan fingerprint density at radius 2 is 2.12 bits per heavy atom. The predicted octanol–water partition coefficient (Wildman–Crippen LogP) is -5.44. The Bertz CT molecular complexity index is 55.2. The van der Waals surface area contributed by atoms with Crippen LogP contribution < -0.4 is 34.7 Å². The molecule has 4 nitrogen and oxygen atoms in total. The molecule has 0 heterocycles. The maximum atomic E-state index is 9.36. The van der Waals surface area contributed by atoms with Crippen molar-refractivity contribution in [3.8, 4) is 0 Å². The first-order valence-electron chi connectivity index (χ1n) is 1.46. The molecule has 0 rings (SSSR count). The molecule has 0 spiro atoms. The smallest absolute Gasteiger partial charge is 0.548 e. The zero-order chi connectivity index (χ0) is 4.99. The monoisotopic (exact) mass is 130 g/mol. The first-order valence-corrected chi connectivity index (χ1v) is 1.46. The van der Waals surface area contributed by atoms with Gasteiger partial charge < -0.3 is 20.1 Å². The van der Waals surface area contributed by atoms with Gasteiger partial charge in [0.15, 0.2) is 0 Å². The molecule has 0 unspecified atom stereocenters. The fourth-order valence-electron chi connectivity index (χ4n) is 0.118. The van der Waals surface area contributed by atoms with Crippen molar-refractivity contribution in [2.24, 2.45) is 0 Å². The van der Waals surface area contributed by atoms with Crippen LogP contribution in [-0.2, 0) is 9.53 Å². The average molecular weight is 130 g/mol. The van der Waals surface area contributed by atoms with E-state index in [0.717, 1.165) is 0 Å². The summed E-state index contributed by atoms with van der Waals surface area (Å²) < 4.78 is 4.14. The minimum atomic E-state index is -1.18. The van der Waals surface area contributed by atoms with Crippen molar-refractivity contribution in [3.05, 3.63) is 0 Å². The van der Waals surface area contributed by atoms with Crippen LogP contribution in [0.2, 0.25) is 0 Å². The van der Waals surface area contributed by atoms with E-state index in [4.69, 9.17) is 0 Å². The van der Waals surface area contributed by atoms with Crippen molar-refractivity contribution in [1.29, 1.82) is 0 Å². The molecule has 0 aromatic rings. The number of carboxylic acid groups (broad SMARTS) is 1. The van der Waals surface area contributed by atoms with Gasteiger partial charge in [-0.1, -0.05) is 0 Å². The second kappa shape index (κ2) is 10.4. The van der Waals surface area contributed by atoms with Gasteiger partial charge in [0, 0.05) is 7.11 Å². The van der Waals surface area contributed by atoms with Gasteiger partial charge in [-0.15, -0.1) is 0 Å². The Kier molecular flexibility index (Phi) is 20.5. The second-order valence-electron chi connectivity index (χ2n) is 0.805. The molecule has 0 aliphatic heterocycles. The largest absolute Gasteiger partial charge is 1.00 e. The van der Waals surface area contributed by atoms with Crippen LogP contribution in [0.25, 0.3) is 0 Å². The molecule has 0 aliphatic rings. The summed E-state index contributed by atoms with van der Waals surface area (Å²) in [6.07, 6.45) is 0. The maximum absolute atomic E-state index is 9.36. The van der Waals surface area contributed by atoms with Crippen molar-refractivity contribution in [1.82, 2.24) is 0 Å². The maximum Gasteiger partial charge on any atom is 1.00 e. The summed E-state index contributed by atoms with van der Waals surface area (Å²) in [6.45, 7) is -0.319. The molecule has 0 radical (unpaired) electrons. The first-order chi connectivity index (χ1) is 2.77. The van der Waals surface area contributed by atoms with Gasteiger partial charge in [0.05, 0.1) is 12.6 Å². The molecule has 0 atom stereocenters. The topological polar surface area (TPSA) is 80.9 Å². The number of carbonyl (C=O) groups excluding carboxylic acids is 1. The van der Waals surface area contributed by atoms with Crippen molar-refractivity contribution < 1.29 is 49.7 Å². The van der Waals surface area contributed by atoms with E-state index in [1.807, 2.05) is 0 Å². The zero-order valence-electron chi connectivity index (χ0n) is 4.93. The number of ether oxygens (including phenoxy) is 1. The number of hydrogen-bond donors (Lipinski definition) is 0. The number of carboxylic acids is 1. The van der Waals surface area contributed by atoms with Crippen LogP contribution in [0.3, 0.4) is 0 Å². The van der Waals surface area contributed by atoms with Crippen molar-refractivity contribution in [2.75, 3.05) is 13.7 Å². The molecule has 0 aromatic heterocycles. The fraction of sp³-hybridized carbons (Fsp3) is 0.667. The number of carbonyl (C=O) groups is 1. The van der Waals surface area contributed by atoms with E-state index in [2.05, 4.69) is 4.74 Å². The minimum Gasteiger partial charge on any atom is -0.548 e. The van der Waals surface area contributed by atoms with Gasteiger partial charge in [0.2, 0.25) is 0 Å². The third-order valence-corrected chi connectivity index (χ3v) is 0.262. The van der Waals surface area contributed by atoms with Crippen molar-refractivity contribution in [3.63, 3.8) is 0 Å². The number of aliphatic carboxylic acids is 1. The van der Waals surface area contributed by atoms with Crippen LogP contribution in [-0.4, -0.2) is 25.2 Å². The third kappa shape index (κ3) is 16.2. The SMILES string of the molecule is COCC(=O)[O-].O.[Na+]. The minimum absolute atomic E-state index is 0. The zero-order valence-corrected chi connectivity index (χ0v) is 6.93. The Morgan fingerprint density at radius 1 is 1.75 bits per heavy atom. The molecule has 8 heavy (non-hydrogen) atoms. The second-order valence-corrected chi connectivity index (χ2v) is 0.805. The van der Waals surface area contributed by atoms with Gasteiger partial charge in [-0.2, -0.15) is 0 Å². The van der Waals surface area contributed by atoms with Crippen molar-refractivity contribution >= 4 is 5.97 Å². The summed E-state index contributed by atoms with van der Waals surface area (Å²) in [5.41, 5.74) is 0. The normalized spacial score (nSPS) is 6.12. The Morgan fingerprint density at radius 3 is 2.12 bits per heavy atom. The van der Waals surface area contributed by atoms with Crippen molar-refractivity contribution in [2.45, 2.75) is 0 Å². The van der Waals surface area contributed by atoms with E-state index < -0.39 is 5.97 Å². The Labute approximate surface area is 69.4 Å². The van der Waals surface area contributed by atoms with Gasteiger partial charge in [0.1, 0.15) is 0 Å². The van der Waals surface area contributed by atoms with E-state index in [1.165, 1.54) is 7.11 Å². The van der Waals surface area contributed by atoms with Gasteiger partial charge >= 0.3 is 29.6 Å². The fourth-order valence-corrected chi connectivity index (χ4v) is 0.118. The van der Waals surface area contributed by atoms with Gasteiger partial charge in [-0.05, 0) is 0 Å². The predicted molar refractivity (Wildman–Crippen MR) is 20.5 cm³/mol. The summed E-state index contributed by atoms with van der Waals surface area (Å²) in [5, 5.41) is 9.36. The summed E-state index contributed by atoms with van der Waals surface area (Å²) in [4.78, 5) is 9.36. The molecule has 0 bridgehead atoms. The molecule has 0 aliphatic carbocycles. The molecule has 0 fully saturated rings. The first kappa shape index (κ1) is 15.8. The molecule has 0 saturated carbocycles. The van der Waals surface area contributed by atoms with Crippen LogP contribution in [0.1, 0.15) is 0 Å². The third-order valence-electron chi connectivity index (χ3n) is 0.262. The molecular formula is C3H7NaO4. The summed E-state index contributed by atoms with van der Waals surface area (Å²) in [7, 11) is 1.30. The summed E-state index contributed by atoms with van der Waals surface area (Å²) in [6, 6.07) is 0. The number of methoxy groups -OCH3 is 1. The summed E-state index contributed by atoms with van der Waals surface area (Å²) in [5.74, 6) is -1.18. The van der Waals surface area contributed by atoms with E-state index >= 15 is 0 Å². The molecule has 5 heteroatoms. The average Bonchev–Trinajstić information content (AvgIpc) is 1.35. The van der Waals surface area contributed by atoms with Gasteiger partial charge in [-0.25, -0.2) is 0 Å². The molecule has 2 N–H and O–H groups in total. The van der Waals surface area contributed by atoms with Gasteiger partial charge in [-0.3, -0.25) is 0 Å². The van der Waals surface area contributed by atoms with E-state index in [0.29, 0.717) is 0 Å². The molecule has 44 valence electrons. The van der Waals surface area contributed by atoms with Crippen LogP contribution in [0.15, 0.2) is 0 Å². The van der Waals surface area contributed by atoms with Gasteiger partial charge in [0.25, 0.3) is 0 Å². The quantitative estimate of drug-likeness (QED) is 0.350. The molecule has 0 amide bonds. The molecular weight excluding hydrogens is 123 g/mol. The van der Waals surface area contributed by atoms with Crippen LogP contribution in [0.5, 0.6) is 0 Å². The molecule has 0 aromatic carbocycles. The molecule has 0 saturated heterocycles. The number of hydrogen-bond acceptors (Lipinski definition) is 3. The number of rotatable bonds is 2.